The molecule has 1 aliphatic heterocycles. The molecule has 1 saturated heterocycles. The minimum atomic E-state index is -0.440. The van der Waals surface area contributed by atoms with E-state index in [2.05, 4.69) is 11.1 Å². The van der Waals surface area contributed by atoms with E-state index < -0.39 is 5.60 Å². The van der Waals surface area contributed by atoms with Crippen molar-refractivity contribution >= 4 is 23.3 Å². The lowest BCUT2D eigenvalue weighted by atomic mass is 9.99. The number of halogens is 1. The van der Waals surface area contributed by atoms with Gasteiger partial charge in [-0.25, -0.2) is 9.78 Å². The first kappa shape index (κ1) is 15.3. The van der Waals surface area contributed by atoms with Crippen LogP contribution in [0.2, 0.25) is 5.15 Å². The molecular weight excluding hydrogens is 300 g/mol. The second kappa shape index (κ2) is 5.58. The van der Waals surface area contributed by atoms with Gasteiger partial charge in [-0.3, -0.25) is 0 Å². The normalized spacial score (nSPS) is 24.2. The zero-order valence-electron chi connectivity index (χ0n) is 13.2. The average Bonchev–Trinajstić information content (AvgIpc) is 2.95. The van der Waals surface area contributed by atoms with Crippen molar-refractivity contribution in [1.82, 2.24) is 9.88 Å². The molecule has 1 amide bonds. The maximum atomic E-state index is 12.1. The summed E-state index contributed by atoms with van der Waals surface area (Å²) in [7, 11) is 0. The Morgan fingerprint density at radius 2 is 2.14 bits per heavy atom. The number of fused-ring (bicyclic) bond motifs is 1. The number of pyridine rings is 1. The van der Waals surface area contributed by atoms with Crippen LogP contribution in [0.25, 0.3) is 5.57 Å². The lowest BCUT2D eigenvalue weighted by Crippen LogP contribution is -2.35. The molecule has 2 aliphatic rings. The molecule has 4 nitrogen and oxygen atoms in total. The lowest BCUT2D eigenvalue weighted by molar-refractivity contribution is 0.0285. The van der Waals surface area contributed by atoms with Gasteiger partial charge in [-0.1, -0.05) is 23.7 Å². The van der Waals surface area contributed by atoms with Gasteiger partial charge in [0.25, 0.3) is 0 Å². The lowest BCUT2D eigenvalue weighted by Gasteiger charge is -2.24. The molecule has 0 radical (unpaired) electrons. The van der Waals surface area contributed by atoms with Gasteiger partial charge in [-0.15, -0.1) is 0 Å². The molecule has 22 heavy (non-hydrogen) atoms. The third kappa shape index (κ3) is 3.27. The highest BCUT2D eigenvalue weighted by molar-refractivity contribution is 6.29. The van der Waals surface area contributed by atoms with Gasteiger partial charge < -0.3 is 9.64 Å². The van der Waals surface area contributed by atoms with Crippen LogP contribution in [-0.4, -0.2) is 34.7 Å². The highest BCUT2D eigenvalue weighted by Crippen LogP contribution is 2.41. The van der Waals surface area contributed by atoms with Gasteiger partial charge in [0.2, 0.25) is 0 Å². The van der Waals surface area contributed by atoms with E-state index >= 15 is 0 Å². The smallest absolute Gasteiger partial charge is 0.410 e. The Morgan fingerprint density at radius 1 is 1.36 bits per heavy atom. The van der Waals surface area contributed by atoms with Crippen molar-refractivity contribution in [2.24, 2.45) is 11.8 Å². The molecule has 0 bridgehead atoms. The summed E-state index contributed by atoms with van der Waals surface area (Å²) in [5, 5.41) is 0.513. The van der Waals surface area contributed by atoms with Crippen molar-refractivity contribution in [3.63, 3.8) is 0 Å². The summed E-state index contributed by atoms with van der Waals surface area (Å²) in [5.41, 5.74) is 2.00. The molecule has 118 valence electrons. The monoisotopic (exact) mass is 320 g/mol. The molecule has 2 atom stereocenters. The van der Waals surface area contributed by atoms with Gasteiger partial charge in [0.15, 0.2) is 0 Å². The van der Waals surface area contributed by atoms with Gasteiger partial charge >= 0.3 is 6.09 Å². The molecule has 5 heteroatoms. The molecule has 1 aliphatic carbocycles. The quantitative estimate of drug-likeness (QED) is 0.734. The van der Waals surface area contributed by atoms with Gasteiger partial charge in [-0.2, -0.15) is 0 Å². The second-order valence-electron chi connectivity index (χ2n) is 7.07. The fourth-order valence-corrected chi connectivity index (χ4v) is 3.28. The van der Waals surface area contributed by atoms with Crippen molar-refractivity contribution in [3.05, 3.63) is 35.1 Å². The fraction of sp³-hybridized carbons (Fsp3) is 0.529. The number of allylic oxidation sites excluding steroid dienone is 1. The largest absolute Gasteiger partial charge is 0.444 e. The van der Waals surface area contributed by atoms with Gasteiger partial charge in [0.05, 0.1) is 0 Å². The Labute approximate surface area is 136 Å². The van der Waals surface area contributed by atoms with Gasteiger partial charge in [0.1, 0.15) is 10.8 Å². The van der Waals surface area contributed by atoms with Gasteiger partial charge in [-0.05, 0) is 56.2 Å². The van der Waals surface area contributed by atoms with Crippen LogP contribution in [0.15, 0.2) is 24.4 Å². The SMILES string of the molecule is CC(C)(C)OC(=O)N1C[C@@H]2CC(c3ccc(Cl)nc3)=C[C@@H]2C1. The van der Waals surface area contributed by atoms with E-state index in [0.29, 0.717) is 17.0 Å². The van der Waals surface area contributed by atoms with E-state index in [1.807, 2.05) is 44.0 Å². The maximum Gasteiger partial charge on any atom is 0.410 e. The summed E-state index contributed by atoms with van der Waals surface area (Å²) in [5.74, 6) is 0.899. The van der Waals surface area contributed by atoms with E-state index in [1.54, 1.807) is 0 Å². The van der Waals surface area contributed by atoms with E-state index in [0.717, 1.165) is 25.1 Å². The molecule has 1 aromatic heterocycles. The van der Waals surface area contributed by atoms with Crippen LogP contribution in [0.4, 0.5) is 4.79 Å². The first-order valence-corrected chi connectivity index (χ1v) is 8.00. The second-order valence-corrected chi connectivity index (χ2v) is 7.46. The first-order chi connectivity index (χ1) is 10.3. The fourth-order valence-electron chi connectivity index (χ4n) is 3.17. The minimum Gasteiger partial charge on any atom is -0.444 e. The number of carbonyl (C=O) groups excluding carboxylic acids is 1. The van der Waals surface area contributed by atoms with E-state index in [4.69, 9.17) is 16.3 Å². The highest BCUT2D eigenvalue weighted by Gasteiger charge is 2.39. The molecule has 3 rings (SSSR count). The number of nitrogens with zero attached hydrogens (tertiary/aromatic N) is 2. The van der Waals surface area contributed by atoms with Gasteiger partial charge in [0, 0.05) is 19.3 Å². The van der Waals surface area contributed by atoms with Crippen molar-refractivity contribution in [3.8, 4) is 0 Å². The summed E-state index contributed by atoms with van der Waals surface area (Å²) in [6.45, 7) is 7.19. The third-order valence-corrected chi connectivity index (χ3v) is 4.36. The van der Waals surface area contributed by atoms with Crippen LogP contribution in [0.5, 0.6) is 0 Å². The van der Waals surface area contributed by atoms with Crippen LogP contribution in [0.1, 0.15) is 32.8 Å². The number of hydrogen-bond acceptors (Lipinski definition) is 3. The minimum absolute atomic E-state index is 0.204. The van der Waals surface area contributed by atoms with Crippen LogP contribution in [0, 0.1) is 11.8 Å². The predicted octanol–water partition coefficient (Wildman–Crippen LogP) is 4.01. The molecule has 0 saturated carbocycles. The standard InChI is InChI=1S/C17H21ClN2O2/c1-17(2,3)22-16(21)20-9-13-6-12(7-14(13)10-20)11-4-5-15(18)19-8-11/h4-6,8,13-14H,7,9-10H2,1-3H3/t13-,14+/m1/s1. The molecule has 1 fully saturated rings. The van der Waals surface area contributed by atoms with E-state index in [9.17, 15) is 4.79 Å². The maximum absolute atomic E-state index is 12.1. The molecule has 0 unspecified atom stereocenters. The van der Waals surface area contributed by atoms with Crippen LogP contribution < -0.4 is 0 Å². The van der Waals surface area contributed by atoms with Crippen LogP contribution in [0.3, 0.4) is 0 Å². The number of hydrogen-bond donors (Lipinski definition) is 0. The molecule has 0 N–H and O–H groups in total. The number of rotatable bonds is 1. The third-order valence-electron chi connectivity index (χ3n) is 4.14. The number of carbonyl (C=O) groups is 1. The van der Waals surface area contributed by atoms with Crippen LogP contribution >= 0.6 is 11.6 Å². The molecule has 2 heterocycles. The Hall–Kier alpha value is -1.55. The van der Waals surface area contributed by atoms with Crippen LogP contribution in [-0.2, 0) is 4.74 Å². The summed E-state index contributed by atoms with van der Waals surface area (Å²) in [6, 6.07) is 3.83. The Morgan fingerprint density at radius 3 is 2.73 bits per heavy atom. The summed E-state index contributed by atoms with van der Waals surface area (Å²) in [4.78, 5) is 18.1. The molecular formula is C17H21ClN2O2. The Bertz CT molecular complexity index is 604. The van der Waals surface area contributed by atoms with Crippen molar-refractivity contribution in [2.45, 2.75) is 32.8 Å². The number of likely N-dealkylation sites (tertiary alicyclic amines) is 1. The number of amides is 1. The Balaban J connectivity index is 1.65. The zero-order chi connectivity index (χ0) is 15.9. The number of aromatic nitrogens is 1. The zero-order valence-corrected chi connectivity index (χ0v) is 13.9. The summed E-state index contributed by atoms with van der Waals surface area (Å²) >= 11 is 5.83. The molecule has 0 aromatic carbocycles. The number of ether oxygens (including phenoxy) is 1. The van der Waals surface area contributed by atoms with Crippen molar-refractivity contribution in [1.29, 1.82) is 0 Å². The van der Waals surface area contributed by atoms with E-state index in [1.165, 1.54) is 5.57 Å². The average molecular weight is 321 g/mol. The van der Waals surface area contributed by atoms with Crippen molar-refractivity contribution < 1.29 is 9.53 Å². The summed E-state index contributed by atoms with van der Waals surface area (Å²) in [6.07, 6.45) is 4.87. The molecule has 0 spiro atoms. The highest BCUT2D eigenvalue weighted by atomic mass is 35.5. The van der Waals surface area contributed by atoms with Crippen molar-refractivity contribution in [2.75, 3.05) is 13.1 Å². The summed E-state index contributed by atoms with van der Waals surface area (Å²) < 4.78 is 5.45. The first-order valence-electron chi connectivity index (χ1n) is 7.62. The molecule has 1 aromatic rings. The van der Waals surface area contributed by atoms with E-state index in [-0.39, 0.29) is 6.09 Å². The Kier molecular flexibility index (Phi) is 3.89. The predicted molar refractivity (Wildman–Crippen MR) is 86.6 cm³/mol. The topological polar surface area (TPSA) is 42.4 Å².